The Hall–Kier alpha value is -1.80. The molecule has 19 heavy (non-hydrogen) atoms. The molecule has 2 aromatic carbocycles. The van der Waals surface area contributed by atoms with E-state index in [2.05, 4.69) is 54.7 Å². The third-order valence-corrected chi connectivity index (χ3v) is 4.62. The fourth-order valence-corrected chi connectivity index (χ4v) is 3.69. The normalized spacial score (nSPS) is 26.7. The minimum Gasteiger partial charge on any atom is -0.497 e. The molecule has 0 radical (unpaired) electrons. The van der Waals surface area contributed by atoms with Gasteiger partial charge in [-0.1, -0.05) is 30.3 Å². The van der Waals surface area contributed by atoms with E-state index in [0.717, 1.165) is 12.2 Å². The van der Waals surface area contributed by atoms with Gasteiger partial charge in [0, 0.05) is 6.04 Å². The Bertz CT molecular complexity index is 664. The number of fused-ring (bicyclic) bond motifs is 7. The van der Waals surface area contributed by atoms with Crippen LogP contribution < -0.4 is 10.1 Å². The van der Waals surface area contributed by atoms with Crippen LogP contribution in [-0.4, -0.2) is 7.11 Å². The van der Waals surface area contributed by atoms with Crippen molar-refractivity contribution in [2.75, 3.05) is 7.11 Å². The number of methoxy groups -OCH3 is 1. The summed E-state index contributed by atoms with van der Waals surface area (Å²) in [4.78, 5) is 0. The summed E-state index contributed by atoms with van der Waals surface area (Å²) in [5, 5.41) is 3.78. The van der Waals surface area contributed by atoms with Gasteiger partial charge in [0.05, 0.1) is 12.6 Å². The van der Waals surface area contributed by atoms with E-state index >= 15 is 0 Å². The van der Waals surface area contributed by atoms with Crippen LogP contribution in [-0.2, 0) is 12.0 Å². The van der Waals surface area contributed by atoms with Crippen LogP contribution in [0.15, 0.2) is 42.5 Å². The number of rotatable bonds is 1. The molecule has 0 spiro atoms. The van der Waals surface area contributed by atoms with Gasteiger partial charge in [-0.3, -0.25) is 5.32 Å². The molecular formula is C17H17NO. The van der Waals surface area contributed by atoms with Gasteiger partial charge in [-0.15, -0.1) is 0 Å². The molecule has 2 aliphatic heterocycles. The van der Waals surface area contributed by atoms with Gasteiger partial charge in [0.2, 0.25) is 0 Å². The quantitative estimate of drug-likeness (QED) is 0.840. The molecular weight excluding hydrogens is 234 g/mol. The molecule has 2 aliphatic rings. The smallest absolute Gasteiger partial charge is 0.119 e. The summed E-state index contributed by atoms with van der Waals surface area (Å²) in [5.41, 5.74) is 5.56. The molecule has 0 fully saturated rings. The van der Waals surface area contributed by atoms with Crippen molar-refractivity contribution in [1.29, 1.82) is 0 Å². The Morgan fingerprint density at radius 1 is 1.16 bits per heavy atom. The molecule has 0 amide bonds. The third kappa shape index (κ3) is 1.35. The van der Waals surface area contributed by atoms with E-state index in [1.807, 2.05) is 0 Å². The lowest BCUT2D eigenvalue weighted by Crippen LogP contribution is -2.41. The zero-order valence-electron chi connectivity index (χ0n) is 11.2. The predicted molar refractivity (Wildman–Crippen MR) is 75.5 cm³/mol. The van der Waals surface area contributed by atoms with Crippen molar-refractivity contribution in [3.63, 3.8) is 0 Å². The van der Waals surface area contributed by atoms with Crippen molar-refractivity contribution in [3.05, 3.63) is 64.7 Å². The summed E-state index contributed by atoms with van der Waals surface area (Å²) < 4.78 is 5.39. The van der Waals surface area contributed by atoms with E-state index in [0.29, 0.717) is 6.04 Å². The Balaban J connectivity index is 1.98. The SMILES string of the molecule is COc1ccc2c(c1)C1(C)NC(C2)c2ccccc21. The minimum absolute atomic E-state index is 0.0800. The summed E-state index contributed by atoms with van der Waals surface area (Å²) in [5.74, 6) is 0.935. The maximum atomic E-state index is 5.39. The van der Waals surface area contributed by atoms with E-state index in [1.54, 1.807) is 7.11 Å². The Morgan fingerprint density at radius 2 is 2.00 bits per heavy atom. The van der Waals surface area contributed by atoms with Gasteiger partial charge in [-0.25, -0.2) is 0 Å². The van der Waals surface area contributed by atoms with Crippen molar-refractivity contribution in [2.24, 2.45) is 0 Å². The molecule has 2 atom stereocenters. The maximum absolute atomic E-state index is 5.39. The summed E-state index contributed by atoms with van der Waals surface area (Å²) in [6.07, 6.45) is 1.06. The standard InChI is InChI=1S/C17H17NO/c1-17-14-6-4-3-5-13(14)16(18-17)9-11-7-8-12(19-2)10-15(11)17/h3-8,10,16,18H,9H2,1-2H3. The average molecular weight is 251 g/mol. The first-order valence-corrected chi connectivity index (χ1v) is 6.77. The van der Waals surface area contributed by atoms with Crippen molar-refractivity contribution >= 4 is 0 Å². The Labute approximate surface area is 113 Å². The van der Waals surface area contributed by atoms with E-state index in [1.165, 1.54) is 22.3 Å². The zero-order valence-corrected chi connectivity index (χ0v) is 11.2. The van der Waals surface area contributed by atoms with Gasteiger partial charge in [0.25, 0.3) is 0 Å². The molecule has 96 valence electrons. The van der Waals surface area contributed by atoms with Gasteiger partial charge >= 0.3 is 0 Å². The van der Waals surface area contributed by atoms with Crippen molar-refractivity contribution in [3.8, 4) is 5.75 Å². The van der Waals surface area contributed by atoms with Gasteiger partial charge in [-0.05, 0) is 47.7 Å². The lowest BCUT2D eigenvalue weighted by molar-refractivity contribution is 0.379. The lowest BCUT2D eigenvalue weighted by atomic mass is 9.82. The van der Waals surface area contributed by atoms with Crippen LogP contribution in [0.25, 0.3) is 0 Å². The third-order valence-electron chi connectivity index (χ3n) is 4.62. The summed E-state index contributed by atoms with van der Waals surface area (Å²) >= 11 is 0. The van der Waals surface area contributed by atoms with E-state index in [9.17, 15) is 0 Å². The topological polar surface area (TPSA) is 21.3 Å². The molecule has 4 rings (SSSR count). The highest BCUT2D eigenvalue weighted by atomic mass is 16.5. The van der Waals surface area contributed by atoms with Gasteiger partial charge in [0.1, 0.15) is 5.75 Å². The number of ether oxygens (including phenoxy) is 1. The molecule has 2 nitrogen and oxygen atoms in total. The second-order valence-corrected chi connectivity index (χ2v) is 5.64. The first kappa shape index (κ1) is 11.1. The van der Waals surface area contributed by atoms with Gasteiger partial charge < -0.3 is 4.74 Å². The predicted octanol–water partition coefficient (Wildman–Crippen LogP) is 3.16. The monoisotopic (exact) mass is 251 g/mol. The Kier molecular flexibility index (Phi) is 2.10. The van der Waals surface area contributed by atoms with E-state index in [-0.39, 0.29) is 5.54 Å². The molecule has 2 heteroatoms. The molecule has 0 aliphatic carbocycles. The van der Waals surface area contributed by atoms with Crippen LogP contribution in [0.3, 0.4) is 0 Å². The lowest BCUT2D eigenvalue weighted by Gasteiger charge is -2.34. The average Bonchev–Trinajstić information content (AvgIpc) is 2.69. The van der Waals surface area contributed by atoms with E-state index < -0.39 is 0 Å². The van der Waals surface area contributed by atoms with Crippen molar-refractivity contribution in [1.82, 2.24) is 5.32 Å². The van der Waals surface area contributed by atoms with E-state index in [4.69, 9.17) is 4.74 Å². The highest BCUT2D eigenvalue weighted by Crippen LogP contribution is 2.48. The molecule has 0 saturated carbocycles. The van der Waals surface area contributed by atoms with Gasteiger partial charge in [-0.2, -0.15) is 0 Å². The van der Waals surface area contributed by atoms with Crippen LogP contribution in [0, 0.1) is 0 Å². The second kappa shape index (κ2) is 3.61. The first-order chi connectivity index (χ1) is 9.22. The van der Waals surface area contributed by atoms with Crippen molar-refractivity contribution < 1.29 is 4.74 Å². The highest BCUT2D eigenvalue weighted by Gasteiger charge is 2.45. The fraction of sp³-hybridized carbons (Fsp3) is 0.294. The van der Waals surface area contributed by atoms with Crippen molar-refractivity contribution in [2.45, 2.75) is 24.9 Å². The molecule has 2 heterocycles. The zero-order chi connectivity index (χ0) is 13.0. The molecule has 0 aromatic heterocycles. The van der Waals surface area contributed by atoms with Crippen LogP contribution in [0.2, 0.25) is 0 Å². The second-order valence-electron chi connectivity index (χ2n) is 5.64. The van der Waals surface area contributed by atoms with Crippen LogP contribution in [0.5, 0.6) is 5.75 Å². The molecule has 1 N–H and O–H groups in total. The minimum atomic E-state index is -0.0800. The van der Waals surface area contributed by atoms with Crippen LogP contribution >= 0.6 is 0 Å². The maximum Gasteiger partial charge on any atom is 0.119 e. The largest absolute Gasteiger partial charge is 0.497 e. The summed E-state index contributed by atoms with van der Waals surface area (Å²) in [6, 6.07) is 15.7. The Morgan fingerprint density at radius 3 is 2.84 bits per heavy atom. The first-order valence-electron chi connectivity index (χ1n) is 6.77. The number of hydrogen-bond acceptors (Lipinski definition) is 2. The number of nitrogens with one attached hydrogen (secondary N) is 1. The number of benzene rings is 2. The van der Waals surface area contributed by atoms with Crippen LogP contribution in [0.1, 0.15) is 35.2 Å². The summed E-state index contributed by atoms with van der Waals surface area (Å²) in [6.45, 7) is 2.28. The van der Waals surface area contributed by atoms with Gasteiger partial charge in [0.15, 0.2) is 0 Å². The molecule has 2 bridgehead atoms. The fourth-order valence-electron chi connectivity index (χ4n) is 3.69. The highest BCUT2D eigenvalue weighted by molar-refractivity contribution is 5.55. The molecule has 2 aromatic rings. The molecule has 2 unspecified atom stereocenters. The number of hydrogen-bond donors (Lipinski definition) is 1. The summed E-state index contributed by atoms with van der Waals surface area (Å²) in [7, 11) is 1.73. The van der Waals surface area contributed by atoms with Crippen LogP contribution in [0.4, 0.5) is 0 Å². The molecule has 0 saturated heterocycles.